The van der Waals surface area contributed by atoms with Gasteiger partial charge in [-0.25, -0.2) is 0 Å². The van der Waals surface area contributed by atoms with Gasteiger partial charge >= 0.3 is 0 Å². The van der Waals surface area contributed by atoms with E-state index in [0.29, 0.717) is 5.82 Å². The van der Waals surface area contributed by atoms with Gasteiger partial charge in [0.15, 0.2) is 5.82 Å². The van der Waals surface area contributed by atoms with Crippen molar-refractivity contribution in [2.24, 2.45) is 0 Å². The highest BCUT2D eigenvalue weighted by atomic mass is 32.1. The summed E-state index contributed by atoms with van der Waals surface area (Å²) in [6, 6.07) is 8.84. The van der Waals surface area contributed by atoms with Gasteiger partial charge in [0.25, 0.3) is 0 Å². The van der Waals surface area contributed by atoms with Crippen LogP contribution in [-0.2, 0) is 0 Å². The number of fused-ring (bicyclic) bond motifs is 1. The number of aromatic amines is 1. The quantitative estimate of drug-likeness (QED) is 0.773. The van der Waals surface area contributed by atoms with Crippen molar-refractivity contribution in [3.63, 3.8) is 0 Å². The number of nitrogens with zero attached hydrogens (tertiary/aromatic N) is 3. The van der Waals surface area contributed by atoms with Crippen LogP contribution < -0.4 is 5.32 Å². The topological polar surface area (TPSA) is 66.5 Å². The van der Waals surface area contributed by atoms with Gasteiger partial charge in [0.2, 0.25) is 0 Å². The normalized spacial score (nSPS) is 14.6. The van der Waals surface area contributed by atoms with Gasteiger partial charge in [-0.3, -0.25) is 5.32 Å². The Morgan fingerprint density at radius 3 is 2.70 bits per heavy atom. The predicted octanol–water partition coefficient (Wildman–Crippen LogP) is 3.13. The SMILES string of the molecule is Cc1c(C(C)NC(C)c2nn[nH]n2)sc2ccccc12. The van der Waals surface area contributed by atoms with Crippen LogP contribution in [0, 0.1) is 6.92 Å². The molecular weight excluding hydrogens is 270 g/mol. The summed E-state index contributed by atoms with van der Waals surface area (Å²) in [5.41, 5.74) is 1.35. The summed E-state index contributed by atoms with van der Waals surface area (Å²) in [6.07, 6.45) is 0. The molecule has 2 atom stereocenters. The van der Waals surface area contributed by atoms with Gasteiger partial charge in [-0.05, 0) is 37.8 Å². The first-order chi connectivity index (χ1) is 9.66. The van der Waals surface area contributed by atoms with Crippen LogP contribution in [0.3, 0.4) is 0 Å². The minimum Gasteiger partial charge on any atom is -0.300 e. The van der Waals surface area contributed by atoms with Crippen molar-refractivity contribution >= 4 is 21.4 Å². The van der Waals surface area contributed by atoms with E-state index in [9.17, 15) is 0 Å². The molecule has 3 aromatic rings. The molecular formula is C14H17N5S. The monoisotopic (exact) mass is 287 g/mol. The molecule has 5 nitrogen and oxygen atoms in total. The highest BCUT2D eigenvalue weighted by Crippen LogP contribution is 2.35. The highest BCUT2D eigenvalue weighted by molar-refractivity contribution is 7.19. The van der Waals surface area contributed by atoms with Gasteiger partial charge in [-0.2, -0.15) is 5.21 Å². The Balaban J connectivity index is 1.85. The molecule has 2 heterocycles. The fourth-order valence-corrected chi connectivity index (χ4v) is 3.71. The largest absolute Gasteiger partial charge is 0.300 e. The second-order valence-electron chi connectivity index (χ2n) is 4.97. The van der Waals surface area contributed by atoms with E-state index in [1.807, 2.05) is 18.3 Å². The van der Waals surface area contributed by atoms with Gasteiger partial charge in [0.1, 0.15) is 0 Å². The zero-order chi connectivity index (χ0) is 14.1. The van der Waals surface area contributed by atoms with Crippen molar-refractivity contribution in [3.8, 4) is 0 Å². The number of tetrazole rings is 1. The maximum Gasteiger partial charge on any atom is 0.191 e. The molecule has 6 heteroatoms. The van der Waals surface area contributed by atoms with Crippen molar-refractivity contribution in [1.82, 2.24) is 25.9 Å². The molecule has 0 aliphatic carbocycles. The fourth-order valence-electron chi connectivity index (χ4n) is 2.48. The van der Waals surface area contributed by atoms with Crippen LogP contribution in [0.25, 0.3) is 10.1 Å². The Morgan fingerprint density at radius 1 is 1.20 bits per heavy atom. The van der Waals surface area contributed by atoms with Gasteiger partial charge in [-0.1, -0.05) is 23.4 Å². The fraction of sp³-hybridized carbons (Fsp3) is 0.357. The zero-order valence-corrected chi connectivity index (χ0v) is 12.5. The Kier molecular flexibility index (Phi) is 3.50. The molecule has 0 amide bonds. The van der Waals surface area contributed by atoms with E-state index in [1.54, 1.807) is 0 Å². The number of benzene rings is 1. The average molecular weight is 287 g/mol. The summed E-state index contributed by atoms with van der Waals surface area (Å²) >= 11 is 1.84. The lowest BCUT2D eigenvalue weighted by molar-refractivity contribution is 0.480. The standard InChI is InChI=1S/C14H17N5S/c1-8-11-6-4-5-7-12(11)20-13(8)9(2)15-10(3)14-16-18-19-17-14/h4-7,9-10,15H,1-3H3,(H,16,17,18,19). The molecule has 0 aliphatic heterocycles. The molecule has 3 rings (SSSR count). The third kappa shape index (κ3) is 2.32. The molecule has 20 heavy (non-hydrogen) atoms. The Bertz CT molecular complexity index is 704. The lowest BCUT2D eigenvalue weighted by atomic mass is 10.1. The van der Waals surface area contributed by atoms with Crippen LogP contribution in [-0.4, -0.2) is 20.6 Å². The summed E-state index contributed by atoms with van der Waals surface area (Å²) < 4.78 is 1.33. The number of aryl methyl sites for hydroxylation is 1. The van der Waals surface area contributed by atoms with Crippen molar-refractivity contribution < 1.29 is 0 Å². The maximum absolute atomic E-state index is 4.02. The molecule has 0 radical (unpaired) electrons. The van der Waals surface area contributed by atoms with E-state index in [2.05, 4.69) is 64.1 Å². The first-order valence-electron chi connectivity index (χ1n) is 6.64. The van der Waals surface area contributed by atoms with Gasteiger partial charge < -0.3 is 0 Å². The lowest BCUT2D eigenvalue weighted by Gasteiger charge is -2.17. The second-order valence-corrected chi connectivity index (χ2v) is 6.05. The summed E-state index contributed by atoms with van der Waals surface area (Å²) in [7, 11) is 0. The molecule has 2 N–H and O–H groups in total. The number of H-pyrrole nitrogens is 1. The molecule has 2 aromatic heterocycles. The van der Waals surface area contributed by atoms with Crippen LogP contribution >= 0.6 is 11.3 Å². The molecule has 0 saturated heterocycles. The number of hydrogen-bond donors (Lipinski definition) is 2. The Labute approximate surface area is 121 Å². The van der Waals surface area contributed by atoms with Crippen LogP contribution in [0.15, 0.2) is 24.3 Å². The van der Waals surface area contributed by atoms with E-state index in [0.717, 1.165) is 0 Å². The number of nitrogens with one attached hydrogen (secondary N) is 2. The van der Waals surface area contributed by atoms with Crippen LogP contribution in [0.4, 0.5) is 0 Å². The van der Waals surface area contributed by atoms with E-state index >= 15 is 0 Å². The van der Waals surface area contributed by atoms with Gasteiger partial charge in [-0.15, -0.1) is 21.5 Å². The zero-order valence-electron chi connectivity index (χ0n) is 11.7. The van der Waals surface area contributed by atoms with Crippen LogP contribution in [0.5, 0.6) is 0 Å². The molecule has 0 bridgehead atoms. The molecule has 0 spiro atoms. The van der Waals surface area contributed by atoms with Crippen molar-refractivity contribution in [2.45, 2.75) is 32.9 Å². The summed E-state index contributed by atoms with van der Waals surface area (Å²) in [5.74, 6) is 0.690. The minimum absolute atomic E-state index is 0.0633. The summed E-state index contributed by atoms with van der Waals surface area (Å²) in [4.78, 5) is 1.36. The summed E-state index contributed by atoms with van der Waals surface area (Å²) in [6.45, 7) is 6.41. The first-order valence-corrected chi connectivity index (χ1v) is 7.46. The average Bonchev–Trinajstić information content (AvgIpc) is 3.07. The van der Waals surface area contributed by atoms with Crippen LogP contribution in [0.1, 0.15) is 42.2 Å². The molecule has 2 unspecified atom stereocenters. The molecule has 1 aromatic carbocycles. The number of hydrogen-bond acceptors (Lipinski definition) is 5. The third-order valence-electron chi connectivity index (χ3n) is 3.52. The molecule has 104 valence electrons. The van der Waals surface area contributed by atoms with E-state index in [-0.39, 0.29) is 12.1 Å². The number of thiophene rings is 1. The van der Waals surface area contributed by atoms with E-state index in [1.165, 1.54) is 20.5 Å². The predicted molar refractivity (Wildman–Crippen MR) is 80.7 cm³/mol. The molecule has 0 fully saturated rings. The van der Waals surface area contributed by atoms with E-state index in [4.69, 9.17) is 0 Å². The van der Waals surface area contributed by atoms with Crippen molar-refractivity contribution in [1.29, 1.82) is 0 Å². The molecule has 0 aliphatic rings. The smallest absolute Gasteiger partial charge is 0.191 e. The third-order valence-corrected chi connectivity index (χ3v) is 4.98. The summed E-state index contributed by atoms with van der Waals surface area (Å²) in [5, 5.41) is 19.0. The lowest BCUT2D eigenvalue weighted by Crippen LogP contribution is -2.23. The van der Waals surface area contributed by atoms with Crippen molar-refractivity contribution in [3.05, 3.63) is 40.5 Å². The second kappa shape index (κ2) is 5.30. The Hall–Kier alpha value is -1.79. The van der Waals surface area contributed by atoms with E-state index < -0.39 is 0 Å². The number of aromatic nitrogens is 4. The molecule has 0 saturated carbocycles. The van der Waals surface area contributed by atoms with Crippen LogP contribution in [0.2, 0.25) is 0 Å². The maximum atomic E-state index is 4.02. The minimum atomic E-state index is 0.0633. The van der Waals surface area contributed by atoms with Crippen molar-refractivity contribution in [2.75, 3.05) is 0 Å². The first kappa shape index (κ1) is 13.2. The van der Waals surface area contributed by atoms with Gasteiger partial charge in [0, 0.05) is 15.6 Å². The number of rotatable bonds is 4. The highest BCUT2D eigenvalue weighted by Gasteiger charge is 2.18. The van der Waals surface area contributed by atoms with Gasteiger partial charge in [0.05, 0.1) is 6.04 Å². The Morgan fingerprint density at radius 2 is 2.00 bits per heavy atom.